The highest BCUT2D eigenvalue weighted by molar-refractivity contribution is 5.97. The first-order chi connectivity index (χ1) is 9.10. The molecule has 0 bridgehead atoms. The number of carbonyl (C=O) groups is 2. The molecule has 0 radical (unpaired) electrons. The summed E-state index contributed by atoms with van der Waals surface area (Å²) >= 11 is 0. The molecule has 1 aromatic rings. The van der Waals surface area contributed by atoms with Gasteiger partial charge in [-0.05, 0) is 49.9 Å². The maximum atomic E-state index is 12.1. The molecule has 102 valence electrons. The molecule has 0 aliphatic carbocycles. The van der Waals surface area contributed by atoms with Crippen LogP contribution in [0.15, 0.2) is 18.2 Å². The van der Waals surface area contributed by atoms with Crippen molar-refractivity contribution < 1.29 is 9.59 Å². The number of aryl methyl sites for hydroxylation is 1. The third-order valence-electron chi connectivity index (χ3n) is 3.48. The Morgan fingerprint density at radius 2 is 2.21 bits per heavy atom. The van der Waals surface area contributed by atoms with Crippen LogP contribution >= 0.6 is 0 Å². The minimum atomic E-state index is -0.0484. The number of carbonyl (C=O) groups excluding carboxylic acids is 2. The zero-order valence-corrected chi connectivity index (χ0v) is 11.5. The topological polar surface area (TPSA) is 58.2 Å². The van der Waals surface area contributed by atoms with E-state index in [1.165, 1.54) is 0 Å². The first-order valence-corrected chi connectivity index (χ1v) is 6.83. The van der Waals surface area contributed by atoms with E-state index < -0.39 is 0 Å². The molecule has 0 aromatic heterocycles. The Morgan fingerprint density at radius 1 is 1.42 bits per heavy atom. The van der Waals surface area contributed by atoms with E-state index in [4.69, 9.17) is 0 Å². The summed E-state index contributed by atoms with van der Waals surface area (Å²) in [5.74, 6) is 0.00304. The second-order valence-electron chi connectivity index (χ2n) is 5.06. The molecule has 1 aliphatic heterocycles. The van der Waals surface area contributed by atoms with Crippen LogP contribution in [-0.2, 0) is 11.2 Å². The molecule has 1 atom stereocenters. The highest BCUT2D eigenvalue weighted by Gasteiger charge is 2.15. The number of anilines is 1. The van der Waals surface area contributed by atoms with Gasteiger partial charge >= 0.3 is 0 Å². The van der Waals surface area contributed by atoms with Crippen LogP contribution in [0.3, 0.4) is 0 Å². The second kappa shape index (κ2) is 5.87. The van der Waals surface area contributed by atoms with Crippen molar-refractivity contribution >= 4 is 17.5 Å². The number of benzene rings is 1. The molecule has 4 nitrogen and oxygen atoms in total. The van der Waals surface area contributed by atoms with Crippen molar-refractivity contribution in [2.75, 3.05) is 5.32 Å². The zero-order valence-electron chi connectivity index (χ0n) is 11.5. The normalized spacial score (nSPS) is 16.0. The number of hydrogen-bond donors (Lipinski definition) is 2. The smallest absolute Gasteiger partial charge is 0.251 e. The predicted octanol–water partition coefficient (Wildman–Crippen LogP) is 2.49. The minimum Gasteiger partial charge on any atom is -0.350 e. The summed E-state index contributed by atoms with van der Waals surface area (Å²) in [7, 11) is 0. The standard InChI is InChI=1S/C15H20N2O2/c1-3-10(2)16-15(19)12-7-8-13-11(9-12)5-4-6-14(18)17-13/h7-10H,3-6H2,1-2H3,(H,16,19)(H,17,18). The van der Waals surface area contributed by atoms with E-state index in [1.54, 1.807) is 6.07 Å². The van der Waals surface area contributed by atoms with Crippen LogP contribution in [0.1, 0.15) is 49.0 Å². The largest absolute Gasteiger partial charge is 0.350 e. The van der Waals surface area contributed by atoms with Gasteiger partial charge in [-0.1, -0.05) is 6.92 Å². The third-order valence-corrected chi connectivity index (χ3v) is 3.48. The first kappa shape index (κ1) is 13.6. The first-order valence-electron chi connectivity index (χ1n) is 6.83. The highest BCUT2D eigenvalue weighted by atomic mass is 16.2. The molecule has 1 unspecified atom stereocenters. The summed E-state index contributed by atoms with van der Waals surface area (Å²) in [6, 6.07) is 5.65. The summed E-state index contributed by atoms with van der Waals surface area (Å²) in [6.07, 6.45) is 3.11. The lowest BCUT2D eigenvalue weighted by Gasteiger charge is -2.13. The van der Waals surface area contributed by atoms with Gasteiger partial charge in [0.05, 0.1) is 0 Å². The lowest BCUT2D eigenvalue weighted by atomic mass is 10.0. The van der Waals surface area contributed by atoms with E-state index in [0.29, 0.717) is 12.0 Å². The summed E-state index contributed by atoms with van der Waals surface area (Å²) in [5, 5.41) is 5.82. The number of nitrogens with one attached hydrogen (secondary N) is 2. The van der Waals surface area contributed by atoms with E-state index in [9.17, 15) is 9.59 Å². The maximum absolute atomic E-state index is 12.1. The zero-order chi connectivity index (χ0) is 13.8. The van der Waals surface area contributed by atoms with E-state index in [0.717, 1.165) is 30.5 Å². The van der Waals surface area contributed by atoms with Gasteiger partial charge in [0.1, 0.15) is 0 Å². The molecule has 2 N–H and O–H groups in total. The van der Waals surface area contributed by atoms with Crippen molar-refractivity contribution in [1.29, 1.82) is 0 Å². The van der Waals surface area contributed by atoms with Gasteiger partial charge in [-0.2, -0.15) is 0 Å². The molecule has 1 aliphatic rings. The lowest BCUT2D eigenvalue weighted by molar-refractivity contribution is -0.116. The van der Waals surface area contributed by atoms with Crippen molar-refractivity contribution in [2.45, 2.75) is 45.6 Å². The lowest BCUT2D eigenvalue weighted by Crippen LogP contribution is -2.31. The van der Waals surface area contributed by atoms with Gasteiger partial charge in [0.15, 0.2) is 0 Å². The Kier molecular flexibility index (Phi) is 4.20. The molecule has 1 heterocycles. The fourth-order valence-electron chi connectivity index (χ4n) is 2.13. The number of rotatable bonds is 3. The van der Waals surface area contributed by atoms with E-state index in [1.807, 2.05) is 26.0 Å². The summed E-state index contributed by atoms with van der Waals surface area (Å²) in [5.41, 5.74) is 2.54. The monoisotopic (exact) mass is 260 g/mol. The Balaban J connectivity index is 2.18. The van der Waals surface area contributed by atoms with Gasteiger partial charge in [-0.3, -0.25) is 9.59 Å². The molecule has 2 amide bonds. The van der Waals surface area contributed by atoms with Gasteiger partial charge in [0.2, 0.25) is 5.91 Å². The molecular formula is C15H20N2O2. The fraction of sp³-hybridized carbons (Fsp3) is 0.467. The quantitative estimate of drug-likeness (QED) is 0.877. The van der Waals surface area contributed by atoms with Crippen molar-refractivity contribution in [3.63, 3.8) is 0 Å². The van der Waals surface area contributed by atoms with Crippen LogP contribution in [0.4, 0.5) is 5.69 Å². The number of fused-ring (bicyclic) bond motifs is 1. The summed E-state index contributed by atoms with van der Waals surface area (Å²) in [6.45, 7) is 4.03. The van der Waals surface area contributed by atoms with E-state index in [-0.39, 0.29) is 17.9 Å². The van der Waals surface area contributed by atoms with Crippen LogP contribution < -0.4 is 10.6 Å². The van der Waals surface area contributed by atoms with E-state index in [2.05, 4.69) is 10.6 Å². The third kappa shape index (κ3) is 3.34. The van der Waals surface area contributed by atoms with Crippen molar-refractivity contribution in [3.05, 3.63) is 29.3 Å². The van der Waals surface area contributed by atoms with Gasteiger partial charge in [-0.15, -0.1) is 0 Å². The summed E-state index contributed by atoms with van der Waals surface area (Å²) < 4.78 is 0. The molecule has 0 spiro atoms. The van der Waals surface area contributed by atoms with Crippen LogP contribution in [0, 0.1) is 0 Å². The van der Waals surface area contributed by atoms with Crippen LogP contribution in [0.25, 0.3) is 0 Å². The molecular weight excluding hydrogens is 240 g/mol. The minimum absolute atomic E-state index is 0.0484. The Hall–Kier alpha value is -1.84. The van der Waals surface area contributed by atoms with Crippen molar-refractivity contribution in [3.8, 4) is 0 Å². The van der Waals surface area contributed by atoms with Crippen LogP contribution in [-0.4, -0.2) is 17.9 Å². The van der Waals surface area contributed by atoms with Gasteiger partial charge in [0, 0.05) is 23.7 Å². The predicted molar refractivity (Wildman–Crippen MR) is 75.2 cm³/mol. The Morgan fingerprint density at radius 3 is 2.95 bits per heavy atom. The molecule has 0 fully saturated rings. The molecule has 19 heavy (non-hydrogen) atoms. The summed E-state index contributed by atoms with van der Waals surface area (Å²) in [4.78, 5) is 23.5. The average Bonchev–Trinajstić information content (AvgIpc) is 2.58. The maximum Gasteiger partial charge on any atom is 0.251 e. The molecule has 0 saturated carbocycles. The highest BCUT2D eigenvalue weighted by Crippen LogP contribution is 2.23. The van der Waals surface area contributed by atoms with E-state index >= 15 is 0 Å². The molecule has 0 saturated heterocycles. The second-order valence-corrected chi connectivity index (χ2v) is 5.06. The molecule has 1 aromatic carbocycles. The van der Waals surface area contributed by atoms with Gasteiger partial charge in [-0.25, -0.2) is 0 Å². The number of amides is 2. The molecule has 4 heteroatoms. The SMILES string of the molecule is CCC(C)NC(=O)c1ccc2c(c1)CCCC(=O)N2. The van der Waals surface area contributed by atoms with Crippen LogP contribution in [0.5, 0.6) is 0 Å². The van der Waals surface area contributed by atoms with Crippen LogP contribution in [0.2, 0.25) is 0 Å². The fourth-order valence-corrected chi connectivity index (χ4v) is 2.13. The molecule has 2 rings (SSSR count). The Bertz CT molecular complexity index is 497. The van der Waals surface area contributed by atoms with Gasteiger partial charge < -0.3 is 10.6 Å². The van der Waals surface area contributed by atoms with Crippen molar-refractivity contribution in [2.24, 2.45) is 0 Å². The van der Waals surface area contributed by atoms with Gasteiger partial charge in [0.25, 0.3) is 5.91 Å². The average molecular weight is 260 g/mol. The number of hydrogen-bond acceptors (Lipinski definition) is 2. The Labute approximate surface area is 113 Å². The van der Waals surface area contributed by atoms with Crippen molar-refractivity contribution in [1.82, 2.24) is 5.32 Å².